The van der Waals surface area contributed by atoms with Crippen LogP contribution < -0.4 is 5.32 Å². The van der Waals surface area contributed by atoms with Crippen LogP contribution in [0.4, 0.5) is 11.4 Å². The highest BCUT2D eigenvalue weighted by Gasteiger charge is 2.22. The smallest absolute Gasteiger partial charge is 0.335 e. The first kappa shape index (κ1) is 15.2. The van der Waals surface area contributed by atoms with Gasteiger partial charge < -0.3 is 15.3 Å². The first-order valence-corrected chi connectivity index (χ1v) is 6.99. The quantitative estimate of drug-likeness (QED) is 0.615. The summed E-state index contributed by atoms with van der Waals surface area (Å²) >= 11 is 0. The van der Waals surface area contributed by atoms with E-state index in [4.69, 9.17) is 5.11 Å². The molecule has 0 radical (unpaired) electrons. The molecule has 7 nitrogen and oxygen atoms in total. The molecule has 21 heavy (non-hydrogen) atoms. The van der Waals surface area contributed by atoms with Gasteiger partial charge in [0.25, 0.3) is 5.69 Å². The summed E-state index contributed by atoms with van der Waals surface area (Å²) in [5.41, 5.74) is 0.102. The maximum atomic E-state index is 11.1. The van der Waals surface area contributed by atoms with Crippen LogP contribution in [0, 0.1) is 16.0 Å². The number of hydrogen-bond acceptors (Lipinski definition) is 5. The van der Waals surface area contributed by atoms with Crippen LogP contribution in [0.3, 0.4) is 0 Å². The minimum Gasteiger partial charge on any atom is -0.478 e. The summed E-state index contributed by atoms with van der Waals surface area (Å²) in [5, 5.41) is 23.0. The van der Waals surface area contributed by atoms with E-state index < -0.39 is 10.9 Å². The third-order valence-electron chi connectivity index (χ3n) is 3.84. The molecule has 1 saturated heterocycles. The van der Waals surface area contributed by atoms with Gasteiger partial charge in [-0.2, -0.15) is 0 Å². The van der Waals surface area contributed by atoms with Gasteiger partial charge in [0, 0.05) is 19.2 Å². The molecule has 1 aliphatic rings. The van der Waals surface area contributed by atoms with Gasteiger partial charge in [0.1, 0.15) is 5.69 Å². The molecule has 1 aromatic carbocycles. The van der Waals surface area contributed by atoms with Crippen LogP contribution in [-0.2, 0) is 0 Å². The van der Waals surface area contributed by atoms with Gasteiger partial charge in [-0.3, -0.25) is 10.1 Å². The Morgan fingerprint density at radius 2 is 2.33 bits per heavy atom. The fourth-order valence-electron chi connectivity index (χ4n) is 2.59. The summed E-state index contributed by atoms with van der Waals surface area (Å²) in [6.07, 6.45) is 1.07. The fraction of sp³-hybridized carbons (Fsp3) is 0.500. The minimum atomic E-state index is -1.17. The molecule has 1 fully saturated rings. The molecule has 0 bridgehead atoms. The lowest BCUT2D eigenvalue weighted by Crippen LogP contribution is -2.22. The van der Waals surface area contributed by atoms with Crippen molar-refractivity contribution >= 4 is 17.3 Å². The van der Waals surface area contributed by atoms with Gasteiger partial charge in [-0.1, -0.05) is 6.92 Å². The molecule has 114 valence electrons. The number of carbonyl (C=O) groups is 1. The molecule has 1 unspecified atom stereocenters. The number of aromatic carboxylic acids is 1. The van der Waals surface area contributed by atoms with Crippen LogP contribution in [0.1, 0.15) is 23.7 Å². The number of nitro benzene ring substituents is 1. The van der Waals surface area contributed by atoms with Gasteiger partial charge >= 0.3 is 5.97 Å². The zero-order chi connectivity index (χ0) is 15.4. The Morgan fingerprint density at radius 3 is 2.90 bits per heavy atom. The Hall–Kier alpha value is -2.15. The van der Waals surface area contributed by atoms with Gasteiger partial charge in [0.2, 0.25) is 0 Å². The van der Waals surface area contributed by atoms with E-state index in [0.717, 1.165) is 32.1 Å². The molecule has 1 aliphatic heterocycles. The van der Waals surface area contributed by atoms with Gasteiger partial charge in [-0.05, 0) is 37.6 Å². The molecule has 2 rings (SSSR count). The number of nitrogens with zero attached hydrogens (tertiary/aromatic N) is 2. The highest BCUT2D eigenvalue weighted by molar-refractivity contribution is 5.89. The van der Waals surface area contributed by atoms with Crippen molar-refractivity contribution in [2.45, 2.75) is 13.3 Å². The highest BCUT2D eigenvalue weighted by Crippen LogP contribution is 2.26. The predicted octanol–water partition coefficient (Wildman–Crippen LogP) is 2.05. The van der Waals surface area contributed by atoms with Crippen LogP contribution in [0.25, 0.3) is 0 Å². The van der Waals surface area contributed by atoms with Crippen molar-refractivity contribution in [1.29, 1.82) is 0 Å². The summed E-state index contributed by atoms with van der Waals surface area (Å²) in [7, 11) is 0. The van der Waals surface area contributed by atoms with E-state index in [9.17, 15) is 14.9 Å². The van der Waals surface area contributed by atoms with E-state index in [0.29, 0.717) is 18.2 Å². The molecule has 2 N–H and O–H groups in total. The number of nitro groups is 1. The Labute approximate surface area is 122 Å². The van der Waals surface area contributed by atoms with Crippen molar-refractivity contribution < 1.29 is 14.8 Å². The number of carboxylic acids is 1. The van der Waals surface area contributed by atoms with Gasteiger partial charge in [0.05, 0.1) is 10.5 Å². The summed E-state index contributed by atoms with van der Waals surface area (Å²) in [6.45, 7) is 5.84. The molecule has 7 heteroatoms. The molecule has 0 saturated carbocycles. The SMILES string of the molecule is CCN1CCC(CNc2ccc(C(=O)O)cc2[N+](=O)[O-])C1. The van der Waals surface area contributed by atoms with E-state index in [1.165, 1.54) is 12.1 Å². The number of rotatable bonds is 6. The monoisotopic (exact) mass is 293 g/mol. The van der Waals surface area contributed by atoms with E-state index >= 15 is 0 Å². The van der Waals surface area contributed by atoms with E-state index in [-0.39, 0.29) is 11.3 Å². The highest BCUT2D eigenvalue weighted by atomic mass is 16.6. The van der Waals surface area contributed by atoms with Crippen LogP contribution in [0.15, 0.2) is 18.2 Å². The molecule has 0 amide bonds. The summed E-state index contributed by atoms with van der Waals surface area (Å²) in [4.78, 5) is 23.7. The van der Waals surface area contributed by atoms with E-state index in [1.54, 1.807) is 0 Å². The number of carboxylic acid groups (broad SMARTS) is 1. The summed E-state index contributed by atoms with van der Waals surface area (Å²) in [6, 6.07) is 3.94. The van der Waals surface area contributed by atoms with Crippen molar-refractivity contribution in [2.75, 3.05) is 31.5 Å². The Kier molecular flexibility index (Phi) is 4.74. The number of anilines is 1. The second kappa shape index (κ2) is 6.53. The largest absolute Gasteiger partial charge is 0.478 e. The Balaban J connectivity index is 2.06. The zero-order valence-corrected chi connectivity index (χ0v) is 11.9. The average Bonchev–Trinajstić information content (AvgIpc) is 2.92. The first-order chi connectivity index (χ1) is 10.0. The number of hydrogen-bond donors (Lipinski definition) is 2. The maximum absolute atomic E-state index is 11.1. The number of benzene rings is 1. The van der Waals surface area contributed by atoms with Crippen molar-refractivity contribution in [3.05, 3.63) is 33.9 Å². The lowest BCUT2D eigenvalue weighted by atomic mass is 10.1. The van der Waals surface area contributed by atoms with Crippen molar-refractivity contribution in [2.24, 2.45) is 5.92 Å². The molecular formula is C14H19N3O4. The fourth-order valence-corrected chi connectivity index (χ4v) is 2.59. The van der Waals surface area contributed by atoms with Crippen molar-refractivity contribution in [1.82, 2.24) is 4.90 Å². The third kappa shape index (κ3) is 3.69. The molecule has 1 atom stereocenters. The van der Waals surface area contributed by atoms with Gasteiger partial charge in [0.15, 0.2) is 0 Å². The van der Waals surface area contributed by atoms with Crippen LogP contribution in [-0.4, -0.2) is 47.1 Å². The van der Waals surface area contributed by atoms with Crippen molar-refractivity contribution in [3.63, 3.8) is 0 Å². The molecule has 0 aromatic heterocycles. The van der Waals surface area contributed by atoms with Crippen LogP contribution in [0.5, 0.6) is 0 Å². The van der Waals surface area contributed by atoms with E-state index in [2.05, 4.69) is 17.1 Å². The molecular weight excluding hydrogens is 274 g/mol. The zero-order valence-electron chi connectivity index (χ0n) is 11.9. The third-order valence-corrected chi connectivity index (χ3v) is 3.84. The van der Waals surface area contributed by atoms with Gasteiger partial charge in [-0.15, -0.1) is 0 Å². The Bertz CT molecular complexity index is 547. The summed E-state index contributed by atoms with van der Waals surface area (Å²) < 4.78 is 0. The molecule has 1 aromatic rings. The second-order valence-corrected chi connectivity index (χ2v) is 5.22. The Morgan fingerprint density at radius 1 is 1.57 bits per heavy atom. The molecule has 0 aliphatic carbocycles. The molecule has 1 heterocycles. The lowest BCUT2D eigenvalue weighted by molar-refractivity contribution is -0.384. The average molecular weight is 293 g/mol. The predicted molar refractivity (Wildman–Crippen MR) is 78.8 cm³/mol. The topological polar surface area (TPSA) is 95.7 Å². The number of nitrogens with one attached hydrogen (secondary N) is 1. The van der Waals surface area contributed by atoms with Crippen molar-refractivity contribution in [3.8, 4) is 0 Å². The molecule has 0 spiro atoms. The summed E-state index contributed by atoms with van der Waals surface area (Å²) in [5.74, 6) is -0.706. The standard InChI is InChI=1S/C14H19N3O4/c1-2-16-6-5-10(9-16)8-15-12-4-3-11(14(18)19)7-13(12)17(20)21/h3-4,7,10,15H,2,5-6,8-9H2,1H3,(H,18,19). The maximum Gasteiger partial charge on any atom is 0.335 e. The lowest BCUT2D eigenvalue weighted by Gasteiger charge is -2.14. The normalized spacial score (nSPS) is 18.6. The first-order valence-electron chi connectivity index (χ1n) is 6.99. The second-order valence-electron chi connectivity index (χ2n) is 5.22. The van der Waals surface area contributed by atoms with E-state index in [1.807, 2.05) is 0 Å². The van der Waals surface area contributed by atoms with Crippen LogP contribution in [0.2, 0.25) is 0 Å². The van der Waals surface area contributed by atoms with Gasteiger partial charge in [-0.25, -0.2) is 4.79 Å². The number of likely N-dealkylation sites (tertiary alicyclic amines) is 1. The van der Waals surface area contributed by atoms with Crippen LogP contribution >= 0.6 is 0 Å². The minimum absolute atomic E-state index is 0.0784.